The standard InChI is InChI=1S/C20H26N4O2.HI/c1-14-6-4-9-18(10-14)26-15(2)12-23-20(22-3)24-13-16-7-5-8-17(11-16)19(21)25;/h4-11,15H,12-13H2,1-3H3,(H2,21,25)(H2,22,23,24);1H. The van der Waals surface area contributed by atoms with Crippen molar-refractivity contribution in [3.05, 3.63) is 65.2 Å². The van der Waals surface area contributed by atoms with Gasteiger partial charge < -0.3 is 21.1 Å². The number of amides is 1. The summed E-state index contributed by atoms with van der Waals surface area (Å²) in [5.74, 6) is 1.08. The molecule has 1 amide bonds. The monoisotopic (exact) mass is 482 g/mol. The third kappa shape index (κ3) is 7.86. The fourth-order valence-corrected chi connectivity index (χ4v) is 2.44. The van der Waals surface area contributed by atoms with Crippen LogP contribution in [-0.4, -0.2) is 31.6 Å². The fourth-order valence-electron chi connectivity index (χ4n) is 2.44. The number of primary amides is 1. The number of guanidine groups is 1. The van der Waals surface area contributed by atoms with Gasteiger partial charge in [0.25, 0.3) is 0 Å². The van der Waals surface area contributed by atoms with Gasteiger partial charge >= 0.3 is 0 Å². The average Bonchev–Trinajstić information content (AvgIpc) is 2.62. The van der Waals surface area contributed by atoms with Crippen molar-refractivity contribution in [2.75, 3.05) is 13.6 Å². The van der Waals surface area contributed by atoms with Gasteiger partial charge in [-0.25, -0.2) is 0 Å². The van der Waals surface area contributed by atoms with E-state index in [1.165, 1.54) is 5.56 Å². The van der Waals surface area contributed by atoms with E-state index in [2.05, 4.69) is 15.6 Å². The molecule has 0 fully saturated rings. The highest BCUT2D eigenvalue weighted by Gasteiger charge is 2.07. The number of benzene rings is 2. The molecule has 2 rings (SSSR count). The Morgan fingerprint density at radius 1 is 1.19 bits per heavy atom. The van der Waals surface area contributed by atoms with Crippen molar-refractivity contribution >= 4 is 35.8 Å². The maximum Gasteiger partial charge on any atom is 0.248 e. The maximum absolute atomic E-state index is 11.2. The Labute approximate surface area is 177 Å². The molecule has 2 aromatic rings. The number of carbonyl (C=O) groups is 1. The van der Waals surface area contributed by atoms with Crippen LogP contribution >= 0.6 is 24.0 Å². The molecule has 0 bridgehead atoms. The molecule has 0 heterocycles. The first-order valence-electron chi connectivity index (χ1n) is 8.54. The van der Waals surface area contributed by atoms with E-state index in [-0.39, 0.29) is 30.1 Å². The summed E-state index contributed by atoms with van der Waals surface area (Å²) in [6.07, 6.45) is -0.0199. The molecule has 1 atom stereocenters. The van der Waals surface area contributed by atoms with Gasteiger partial charge in [0.1, 0.15) is 11.9 Å². The summed E-state index contributed by atoms with van der Waals surface area (Å²) >= 11 is 0. The van der Waals surface area contributed by atoms with Crippen molar-refractivity contribution in [1.29, 1.82) is 0 Å². The molecule has 0 aliphatic heterocycles. The second-order valence-corrected chi connectivity index (χ2v) is 6.12. The van der Waals surface area contributed by atoms with Gasteiger partial charge in [-0.2, -0.15) is 0 Å². The molecule has 2 aromatic carbocycles. The fraction of sp³-hybridized carbons (Fsp3) is 0.300. The largest absolute Gasteiger partial charge is 0.489 e. The third-order valence-corrected chi connectivity index (χ3v) is 3.78. The van der Waals surface area contributed by atoms with Gasteiger partial charge in [0.2, 0.25) is 5.91 Å². The van der Waals surface area contributed by atoms with E-state index in [4.69, 9.17) is 10.5 Å². The van der Waals surface area contributed by atoms with Crippen LogP contribution in [0.5, 0.6) is 5.75 Å². The van der Waals surface area contributed by atoms with E-state index in [9.17, 15) is 4.79 Å². The topological polar surface area (TPSA) is 88.7 Å². The maximum atomic E-state index is 11.2. The first-order chi connectivity index (χ1) is 12.5. The van der Waals surface area contributed by atoms with Crippen LogP contribution in [0.2, 0.25) is 0 Å². The molecule has 0 spiro atoms. The summed E-state index contributed by atoms with van der Waals surface area (Å²) in [6.45, 7) is 5.18. The third-order valence-electron chi connectivity index (χ3n) is 3.78. The molecule has 0 aliphatic carbocycles. The number of ether oxygens (including phenoxy) is 1. The van der Waals surface area contributed by atoms with Crippen LogP contribution in [0.25, 0.3) is 0 Å². The number of rotatable bonds is 7. The van der Waals surface area contributed by atoms with E-state index >= 15 is 0 Å². The van der Waals surface area contributed by atoms with Gasteiger partial charge in [-0.15, -0.1) is 24.0 Å². The van der Waals surface area contributed by atoms with E-state index in [1.54, 1.807) is 19.2 Å². The molecule has 7 heteroatoms. The Balaban J connectivity index is 0.00000364. The Hall–Kier alpha value is -2.29. The Kier molecular flexibility index (Phi) is 9.63. The van der Waals surface area contributed by atoms with E-state index in [0.717, 1.165) is 11.3 Å². The molecule has 0 saturated carbocycles. The van der Waals surface area contributed by atoms with Crippen molar-refractivity contribution in [3.8, 4) is 5.75 Å². The van der Waals surface area contributed by atoms with Crippen molar-refractivity contribution in [3.63, 3.8) is 0 Å². The number of aryl methyl sites for hydroxylation is 1. The molecular formula is C20H27IN4O2. The Morgan fingerprint density at radius 2 is 1.93 bits per heavy atom. The first kappa shape index (κ1) is 22.8. The van der Waals surface area contributed by atoms with Crippen LogP contribution in [0.15, 0.2) is 53.5 Å². The molecule has 0 radical (unpaired) electrons. The van der Waals surface area contributed by atoms with Crippen LogP contribution in [0.1, 0.15) is 28.4 Å². The van der Waals surface area contributed by atoms with Crippen LogP contribution in [0.4, 0.5) is 0 Å². The van der Waals surface area contributed by atoms with Crippen molar-refractivity contribution < 1.29 is 9.53 Å². The van der Waals surface area contributed by atoms with Crippen molar-refractivity contribution in [2.45, 2.75) is 26.5 Å². The molecular weight excluding hydrogens is 455 g/mol. The Bertz CT molecular complexity index is 780. The van der Waals surface area contributed by atoms with Gasteiger partial charge in [-0.1, -0.05) is 24.3 Å². The highest BCUT2D eigenvalue weighted by atomic mass is 127. The lowest BCUT2D eigenvalue weighted by atomic mass is 10.1. The number of nitrogens with two attached hydrogens (primary N) is 1. The molecule has 4 N–H and O–H groups in total. The van der Waals surface area contributed by atoms with Crippen LogP contribution in [0, 0.1) is 6.92 Å². The van der Waals surface area contributed by atoms with Crippen molar-refractivity contribution in [2.24, 2.45) is 10.7 Å². The van der Waals surface area contributed by atoms with Crippen LogP contribution in [-0.2, 0) is 6.54 Å². The smallest absolute Gasteiger partial charge is 0.248 e. The summed E-state index contributed by atoms with van der Waals surface area (Å²) in [7, 11) is 1.71. The molecule has 1 unspecified atom stereocenters. The minimum absolute atomic E-state index is 0. The summed E-state index contributed by atoms with van der Waals surface area (Å²) in [4.78, 5) is 15.4. The lowest BCUT2D eigenvalue weighted by Gasteiger charge is -2.18. The lowest BCUT2D eigenvalue weighted by molar-refractivity contribution is 0.1000. The average molecular weight is 482 g/mol. The number of halogens is 1. The van der Waals surface area contributed by atoms with Crippen LogP contribution in [0.3, 0.4) is 0 Å². The van der Waals surface area contributed by atoms with Gasteiger partial charge in [-0.3, -0.25) is 9.79 Å². The zero-order valence-corrected chi connectivity index (χ0v) is 18.2. The molecule has 146 valence electrons. The number of aliphatic imine (C=N–C) groups is 1. The highest BCUT2D eigenvalue weighted by molar-refractivity contribution is 14.0. The molecule has 0 aliphatic rings. The first-order valence-corrected chi connectivity index (χ1v) is 8.54. The molecule has 0 saturated heterocycles. The lowest BCUT2D eigenvalue weighted by Crippen LogP contribution is -2.41. The highest BCUT2D eigenvalue weighted by Crippen LogP contribution is 2.13. The van der Waals surface area contributed by atoms with Gasteiger partial charge in [0.15, 0.2) is 5.96 Å². The normalized spacial score (nSPS) is 11.9. The minimum Gasteiger partial charge on any atom is -0.489 e. The second kappa shape index (κ2) is 11.4. The zero-order valence-electron chi connectivity index (χ0n) is 15.9. The van der Waals surface area contributed by atoms with Crippen LogP contribution < -0.4 is 21.1 Å². The summed E-state index contributed by atoms with van der Waals surface area (Å²) in [5.41, 5.74) is 7.92. The van der Waals surface area contributed by atoms with Gasteiger partial charge in [-0.05, 0) is 49.2 Å². The predicted octanol–water partition coefficient (Wildman–Crippen LogP) is 2.84. The summed E-state index contributed by atoms with van der Waals surface area (Å²) < 4.78 is 5.90. The van der Waals surface area contributed by atoms with E-state index in [1.807, 2.05) is 50.2 Å². The molecule has 6 nitrogen and oxygen atoms in total. The number of nitrogens with zero attached hydrogens (tertiary/aromatic N) is 1. The van der Waals surface area contributed by atoms with E-state index in [0.29, 0.717) is 24.6 Å². The van der Waals surface area contributed by atoms with Gasteiger partial charge in [0, 0.05) is 19.2 Å². The number of hydrogen-bond acceptors (Lipinski definition) is 3. The molecule has 27 heavy (non-hydrogen) atoms. The minimum atomic E-state index is -0.434. The Morgan fingerprint density at radius 3 is 2.59 bits per heavy atom. The van der Waals surface area contributed by atoms with Gasteiger partial charge in [0.05, 0.1) is 6.54 Å². The number of carbonyl (C=O) groups excluding carboxylic acids is 1. The SMILES string of the molecule is CN=C(NCc1cccc(C(N)=O)c1)NCC(C)Oc1cccc(C)c1.I. The number of hydrogen-bond donors (Lipinski definition) is 3. The number of nitrogens with one attached hydrogen (secondary N) is 2. The molecule has 0 aromatic heterocycles. The quantitative estimate of drug-likeness (QED) is 0.322. The summed E-state index contributed by atoms with van der Waals surface area (Å²) in [5, 5.41) is 6.45. The van der Waals surface area contributed by atoms with E-state index < -0.39 is 5.91 Å². The second-order valence-electron chi connectivity index (χ2n) is 6.12. The predicted molar refractivity (Wildman–Crippen MR) is 120 cm³/mol. The zero-order chi connectivity index (χ0) is 18.9. The van der Waals surface area contributed by atoms with Crippen molar-refractivity contribution in [1.82, 2.24) is 10.6 Å². The summed E-state index contributed by atoms with van der Waals surface area (Å²) in [6, 6.07) is 15.2.